The highest BCUT2D eigenvalue weighted by atomic mass is 32.1. The summed E-state index contributed by atoms with van der Waals surface area (Å²) in [6.45, 7) is 0. The number of hydrogen-bond acceptors (Lipinski definition) is 6. The minimum Gasteiger partial charge on any atom is -0.300 e. The van der Waals surface area contributed by atoms with E-state index in [1.807, 2.05) is 5.38 Å². The van der Waals surface area contributed by atoms with Gasteiger partial charge in [0.2, 0.25) is 11.0 Å². The van der Waals surface area contributed by atoms with E-state index in [9.17, 15) is 4.79 Å². The molecule has 0 spiro atoms. The van der Waals surface area contributed by atoms with Crippen LogP contribution in [-0.2, 0) is 11.2 Å². The lowest BCUT2D eigenvalue weighted by atomic mass is 9.90. The minimum absolute atomic E-state index is 0.0775. The van der Waals surface area contributed by atoms with Crippen molar-refractivity contribution in [3.8, 4) is 0 Å². The van der Waals surface area contributed by atoms with Crippen molar-refractivity contribution in [2.45, 2.75) is 44.4 Å². The van der Waals surface area contributed by atoms with Crippen LogP contribution in [-0.4, -0.2) is 21.1 Å². The van der Waals surface area contributed by atoms with E-state index in [0.717, 1.165) is 10.0 Å². The zero-order valence-electron chi connectivity index (χ0n) is 11.0. The summed E-state index contributed by atoms with van der Waals surface area (Å²) in [4.78, 5) is 16.0. The number of carbonyl (C=O) groups is 1. The highest BCUT2D eigenvalue weighted by Crippen LogP contribution is 2.35. The predicted octanol–water partition coefficient (Wildman–Crippen LogP) is 3.22. The topological polar surface area (TPSA) is 67.8 Å². The molecule has 1 fully saturated rings. The molecule has 0 unspecified atom stereocenters. The second-order valence-electron chi connectivity index (χ2n) is 4.93. The van der Waals surface area contributed by atoms with Crippen LogP contribution in [0.4, 0.5) is 5.13 Å². The van der Waals surface area contributed by atoms with E-state index in [-0.39, 0.29) is 5.91 Å². The first-order chi connectivity index (χ1) is 9.81. The third kappa shape index (κ3) is 3.40. The molecular weight excluding hydrogens is 292 g/mol. The lowest BCUT2D eigenvalue weighted by Gasteiger charge is -2.18. The summed E-state index contributed by atoms with van der Waals surface area (Å²) in [5, 5.41) is 15.5. The first-order valence-electron chi connectivity index (χ1n) is 6.83. The van der Waals surface area contributed by atoms with Crippen molar-refractivity contribution in [1.82, 2.24) is 15.2 Å². The Morgan fingerprint density at radius 2 is 2.15 bits per heavy atom. The van der Waals surface area contributed by atoms with Crippen LogP contribution in [0.15, 0.2) is 11.6 Å². The van der Waals surface area contributed by atoms with E-state index in [4.69, 9.17) is 0 Å². The molecule has 2 aromatic heterocycles. The van der Waals surface area contributed by atoms with Gasteiger partial charge in [-0.05, 0) is 12.8 Å². The van der Waals surface area contributed by atoms with Crippen LogP contribution in [0.2, 0.25) is 0 Å². The van der Waals surface area contributed by atoms with Crippen molar-refractivity contribution < 1.29 is 4.79 Å². The first-order valence-corrected chi connectivity index (χ1v) is 8.52. The smallest absolute Gasteiger partial charge is 0.233 e. The second-order valence-corrected chi connectivity index (χ2v) is 6.92. The number of anilines is 1. The fourth-order valence-electron chi connectivity index (χ4n) is 2.44. The number of amides is 1. The summed E-state index contributed by atoms with van der Waals surface area (Å²) in [7, 11) is 0. The van der Waals surface area contributed by atoms with E-state index < -0.39 is 0 Å². The monoisotopic (exact) mass is 308 g/mol. The van der Waals surface area contributed by atoms with E-state index in [0.29, 0.717) is 17.5 Å². The molecule has 0 atom stereocenters. The Bertz CT molecular complexity index is 561. The summed E-state index contributed by atoms with van der Waals surface area (Å²) in [6.07, 6.45) is 8.28. The molecule has 0 saturated heterocycles. The van der Waals surface area contributed by atoms with Gasteiger partial charge >= 0.3 is 0 Å². The molecule has 106 valence electrons. The first kappa shape index (κ1) is 13.6. The summed E-state index contributed by atoms with van der Waals surface area (Å²) >= 11 is 2.99. The number of hydrogen-bond donors (Lipinski definition) is 1. The molecule has 1 saturated carbocycles. The maximum absolute atomic E-state index is 11.9. The van der Waals surface area contributed by atoms with Crippen molar-refractivity contribution in [2.75, 3.05) is 5.32 Å². The molecule has 0 bridgehead atoms. The fourth-order valence-corrected chi connectivity index (χ4v) is 3.98. The highest BCUT2D eigenvalue weighted by molar-refractivity contribution is 7.15. The van der Waals surface area contributed by atoms with Crippen molar-refractivity contribution in [2.24, 2.45) is 0 Å². The Labute approximate surface area is 125 Å². The van der Waals surface area contributed by atoms with Crippen LogP contribution < -0.4 is 5.32 Å². The Balaban J connectivity index is 1.57. The van der Waals surface area contributed by atoms with E-state index in [1.165, 1.54) is 54.8 Å². The van der Waals surface area contributed by atoms with Crippen LogP contribution in [0.1, 0.15) is 48.0 Å². The average Bonchev–Trinajstić information content (AvgIpc) is 3.11. The largest absolute Gasteiger partial charge is 0.300 e. The van der Waals surface area contributed by atoms with Crippen LogP contribution in [0.25, 0.3) is 0 Å². The van der Waals surface area contributed by atoms with Gasteiger partial charge < -0.3 is 5.32 Å². The fraction of sp³-hybridized carbons (Fsp3) is 0.538. The molecule has 3 rings (SSSR count). The lowest BCUT2D eigenvalue weighted by molar-refractivity contribution is -0.115. The molecule has 0 aromatic carbocycles. The SMILES string of the molecule is O=C(Cc1nccs1)Nc1nnc(C2CCCCC2)s1. The van der Waals surface area contributed by atoms with Crippen molar-refractivity contribution in [3.05, 3.63) is 21.6 Å². The maximum atomic E-state index is 11.9. The van der Waals surface area contributed by atoms with Crippen LogP contribution in [0.3, 0.4) is 0 Å². The zero-order valence-corrected chi connectivity index (χ0v) is 12.7. The average molecular weight is 308 g/mol. The van der Waals surface area contributed by atoms with Gasteiger partial charge in [-0.15, -0.1) is 21.5 Å². The van der Waals surface area contributed by atoms with Crippen molar-refractivity contribution in [1.29, 1.82) is 0 Å². The summed E-state index contributed by atoms with van der Waals surface area (Å²) in [6, 6.07) is 0. The van der Waals surface area contributed by atoms with Gasteiger partial charge in [0.25, 0.3) is 0 Å². The molecule has 0 aliphatic heterocycles. The van der Waals surface area contributed by atoms with Crippen molar-refractivity contribution >= 4 is 33.7 Å². The van der Waals surface area contributed by atoms with Gasteiger partial charge in [0, 0.05) is 17.5 Å². The summed E-state index contributed by atoms with van der Waals surface area (Å²) < 4.78 is 0. The third-order valence-electron chi connectivity index (χ3n) is 3.44. The molecule has 1 amide bonds. The molecule has 2 aromatic rings. The van der Waals surface area contributed by atoms with Crippen LogP contribution >= 0.6 is 22.7 Å². The lowest BCUT2D eigenvalue weighted by Crippen LogP contribution is -2.13. The predicted molar refractivity (Wildman–Crippen MR) is 80.2 cm³/mol. The Hall–Kier alpha value is -1.34. The van der Waals surface area contributed by atoms with Gasteiger partial charge in [0.15, 0.2) is 0 Å². The van der Waals surface area contributed by atoms with Gasteiger partial charge in [-0.1, -0.05) is 30.6 Å². The molecule has 1 N–H and O–H groups in total. The number of aromatic nitrogens is 3. The number of carbonyl (C=O) groups excluding carboxylic acids is 1. The van der Waals surface area contributed by atoms with Gasteiger partial charge in [0.1, 0.15) is 10.0 Å². The number of thiazole rings is 1. The Morgan fingerprint density at radius 3 is 2.90 bits per heavy atom. The Morgan fingerprint density at radius 1 is 1.30 bits per heavy atom. The minimum atomic E-state index is -0.0775. The molecule has 5 nitrogen and oxygen atoms in total. The molecule has 2 heterocycles. The van der Waals surface area contributed by atoms with Gasteiger partial charge in [0.05, 0.1) is 6.42 Å². The number of nitrogens with one attached hydrogen (secondary N) is 1. The van der Waals surface area contributed by atoms with E-state index in [2.05, 4.69) is 20.5 Å². The maximum Gasteiger partial charge on any atom is 0.233 e. The van der Waals surface area contributed by atoms with Crippen molar-refractivity contribution in [3.63, 3.8) is 0 Å². The van der Waals surface area contributed by atoms with E-state index >= 15 is 0 Å². The molecule has 7 heteroatoms. The van der Waals surface area contributed by atoms with Crippen LogP contribution in [0.5, 0.6) is 0 Å². The quantitative estimate of drug-likeness (QED) is 0.941. The highest BCUT2D eigenvalue weighted by Gasteiger charge is 2.20. The standard InChI is InChI=1S/C13H16N4OS2/c18-10(8-11-14-6-7-19-11)15-13-17-16-12(20-13)9-4-2-1-3-5-9/h6-7,9H,1-5,8H2,(H,15,17,18). The number of nitrogens with zero attached hydrogens (tertiary/aromatic N) is 3. The van der Waals surface area contributed by atoms with Gasteiger partial charge in [-0.2, -0.15) is 0 Å². The Kier molecular flexibility index (Phi) is 4.37. The molecule has 1 aliphatic carbocycles. The third-order valence-corrected chi connectivity index (χ3v) is 5.22. The normalized spacial score (nSPS) is 16.2. The summed E-state index contributed by atoms with van der Waals surface area (Å²) in [5.41, 5.74) is 0. The second kappa shape index (κ2) is 6.41. The summed E-state index contributed by atoms with van der Waals surface area (Å²) in [5.74, 6) is 0.456. The zero-order chi connectivity index (χ0) is 13.8. The van der Waals surface area contributed by atoms with Gasteiger partial charge in [-0.3, -0.25) is 4.79 Å². The van der Waals surface area contributed by atoms with E-state index in [1.54, 1.807) is 6.20 Å². The molecule has 20 heavy (non-hydrogen) atoms. The molecule has 0 radical (unpaired) electrons. The molecule has 1 aliphatic rings. The van der Waals surface area contributed by atoms with Crippen LogP contribution in [0, 0.1) is 0 Å². The van der Waals surface area contributed by atoms with Gasteiger partial charge in [-0.25, -0.2) is 4.98 Å². The molecular formula is C13H16N4OS2. The number of rotatable bonds is 4.